The number of esters is 1. The molecule has 4 aromatic rings. The molecule has 31 heavy (non-hydrogen) atoms. The van der Waals surface area contributed by atoms with E-state index in [0.29, 0.717) is 20.2 Å². The van der Waals surface area contributed by atoms with E-state index >= 15 is 0 Å². The largest absolute Gasteiger partial charge is 0.462 e. The second-order valence-electron chi connectivity index (χ2n) is 6.45. The predicted octanol–water partition coefficient (Wildman–Crippen LogP) is 4.66. The van der Waals surface area contributed by atoms with Crippen LogP contribution in [0, 0.1) is 0 Å². The summed E-state index contributed by atoms with van der Waals surface area (Å²) in [5.41, 5.74) is 1.55. The number of amides is 1. The van der Waals surface area contributed by atoms with Crippen molar-refractivity contribution in [1.82, 2.24) is 9.55 Å². The van der Waals surface area contributed by atoms with Gasteiger partial charge in [0.15, 0.2) is 0 Å². The van der Waals surface area contributed by atoms with Crippen molar-refractivity contribution in [2.45, 2.75) is 13.5 Å². The predicted molar refractivity (Wildman–Crippen MR) is 123 cm³/mol. The van der Waals surface area contributed by atoms with Crippen molar-refractivity contribution in [1.29, 1.82) is 0 Å². The van der Waals surface area contributed by atoms with E-state index in [0.717, 1.165) is 11.1 Å². The van der Waals surface area contributed by atoms with Crippen molar-refractivity contribution in [2.24, 2.45) is 0 Å². The summed E-state index contributed by atoms with van der Waals surface area (Å²) < 4.78 is 6.24. The van der Waals surface area contributed by atoms with Crippen molar-refractivity contribution in [3.05, 3.63) is 68.4 Å². The van der Waals surface area contributed by atoms with Crippen molar-refractivity contribution in [3.63, 3.8) is 0 Å². The zero-order valence-corrected chi connectivity index (χ0v) is 18.6. The summed E-state index contributed by atoms with van der Waals surface area (Å²) in [6, 6.07) is 8.76. The van der Waals surface area contributed by atoms with E-state index in [-0.39, 0.29) is 24.3 Å². The van der Waals surface area contributed by atoms with Crippen LogP contribution in [0.25, 0.3) is 21.3 Å². The Balaban J connectivity index is 1.60. The molecule has 7 nitrogen and oxygen atoms in total. The fourth-order valence-electron chi connectivity index (χ4n) is 3.02. The third-order valence-corrected chi connectivity index (χ3v) is 6.41. The van der Waals surface area contributed by atoms with Crippen LogP contribution in [0.4, 0.5) is 5.00 Å². The van der Waals surface area contributed by atoms with Gasteiger partial charge in [0, 0.05) is 16.0 Å². The molecule has 0 atom stereocenters. The number of carbonyl (C=O) groups excluding carboxylic acids is 2. The van der Waals surface area contributed by atoms with E-state index in [1.807, 2.05) is 17.5 Å². The molecule has 4 rings (SSSR count). The number of fused-ring (bicyclic) bond motifs is 1. The molecule has 1 aromatic carbocycles. The maximum absolute atomic E-state index is 13.1. The molecule has 158 valence electrons. The number of thiophene rings is 2. The van der Waals surface area contributed by atoms with Crippen LogP contribution in [0.2, 0.25) is 5.02 Å². The van der Waals surface area contributed by atoms with E-state index in [4.69, 9.17) is 16.3 Å². The molecule has 1 N–H and O–H groups in total. The van der Waals surface area contributed by atoms with E-state index in [1.54, 1.807) is 30.5 Å². The number of hydrogen-bond acceptors (Lipinski definition) is 7. The van der Waals surface area contributed by atoms with Gasteiger partial charge in [-0.2, -0.15) is 0 Å². The van der Waals surface area contributed by atoms with E-state index in [2.05, 4.69) is 10.3 Å². The topological polar surface area (TPSA) is 90.3 Å². The fourth-order valence-corrected chi connectivity index (χ4v) is 4.84. The Hall–Kier alpha value is -3.01. The first kappa shape index (κ1) is 21.2. The third-order valence-electron chi connectivity index (χ3n) is 4.44. The minimum absolute atomic E-state index is 0.236. The number of nitrogens with zero attached hydrogens (tertiary/aromatic N) is 2. The van der Waals surface area contributed by atoms with Gasteiger partial charge in [-0.25, -0.2) is 9.78 Å². The number of benzene rings is 1. The Morgan fingerprint density at radius 2 is 1.97 bits per heavy atom. The SMILES string of the molecule is CCOC(=O)c1ccsc1NC(=O)Cn1cnc2scc(-c3ccc(Cl)cc3)c2c1=O. The molecule has 0 fully saturated rings. The Labute approximate surface area is 189 Å². The standard InChI is InChI=1S/C21H16ClN3O4S2/c1-2-29-21(28)14-7-8-30-18(14)24-16(26)9-25-11-23-19-17(20(25)27)15(10-31-19)12-3-5-13(22)6-4-12/h3-8,10-11H,2,9H2,1H3,(H,24,26). The Morgan fingerprint density at radius 1 is 1.19 bits per heavy atom. The Kier molecular flexibility index (Phi) is 6.17. The molecular weight excluding hydrogens is 458 g/mol. The highest BCUT2D eigenvalue weighted by Crippen LogP contribution is 2.31. The molecule has 0 radical (unpaired) electrons. The highest BCUT2D eigenvalue weighted by Gasteiger charge is 2.18. The quantitative estimate of drug-likeness (QED) is 0.411. The summed E-state index contributed by atoms with van der Waals surface area (Å²) in [6.45, 7) is 1.71. The molecule has 10 heteroatoms. The summed E-state index contributed by atoms with van der Waals surface area (Å²) in [7, 11) is 0. The second-order valence-corrected chi connectivity index (χ2v) is 8.66. The second kappa shape index (κ2) is 9.01. The molecule has 0 spiro atoms. The summed E-state index contributed by atoms with van der Waals surface area (Å²) in [5, 5.41) is 7.66. The first-order chi connectivity index (χ1) is 15.0. The molecule has 0 saturated heterocycles. The van der Waals surface area contributed by atoms with Gasteiger partial charge in [-0.1, -0.05) is 23.7 Å². The maximum atomic E-state index is 13.1. The summed E-state index contributed by atoms with van der Waals surface area (Å²) in [4.78, 5) is 42.6. The van der Waals surface area contributed by atoms with Gasteiger partial charge in [0.1, 0.15) is 16.4 Å². The summed E-state index contributed by atoms with van der Waals surface area (Å²) in [5.74, 6) is -0.954. The maximum Gasteiger partial charge on any atom is 0.341 e. The molecule has 0 saturated carbocycles. The average molecular weight is 474 g/mol. The minimum Gasteiger partial charge on any atom is -0.462 e. The monoisotopic (exact) mass is 473 g/mol. The lowest BCUT2D eigenvalue weighted by atomic mass is 10.1. The number of nitrogens with one attached hydrogen (secondary N) is 1. The van der Waals surface area contributed by atoms with Crippen LogP contribution in [0.5, 0.6) is 0 Å². The lowest BCUT2D eigenvalue weighted by molar-refractivity contribution is -0.116. The zero-order chi connectivity index (χ0) is 22.0. The number of hydrogen-bond donors (Lipinski definition) is 1. The van der Waals surface area contributed by atoms with Crippen LogP contribution in [-0.4, -0.2) is 28.0 Å². The van der Waals surface area contributed by atoms with Gasteiger partial charge >= 0.3 is 5.97 Å². The smallest absolute Gasteiger partial charge is 0.341 e. The number of anilines is 1. The van der Waals surface area contributed by atoms with Crippen molar-refractivity contribution < 1.29 is 14.3 Å². The zero-order valence-electron chi connectivity index (χ0n) is 16.3. The molecule has 0 aliphatic rings. The molecular formula is C21H16ClN3O4S2. The fraction of sp³-hybridized carbons (Fsp3) is 0.143. The van der Waals surface area contributed by atoms with Gasteiger partial charge in [0.05, 0.1) is 23.9 Å². The van der Waals surface area contributed by atoms with Crippen molar-refractivity contribution in [2.75, 3.05) is 11.9 Å². The first-order valence-electron chi connectivity index (χ1n) is 9.25. The van der Waals surface area contributed by atoms with Gasteiger partial charge in [0.2, 0.25) is 5.91 Å². The third kappa shape index (κ3) is 4.39. The summed E-state index contributed by atoms with van der Waals surface area (Å²) in [6.07, 6.45) is 1.35. The Morgan fingerprint density at radius 3 is 2.71 bits per heavy atom. The molecule has 0 aliphatic carbocycles. The molecule has 3 aromatic heterocycles. The van der Waals surface area contributed by atoms with Crippen molar-refractivity contribution in [3.8, 4) is 11.1 Å². The Bertz CT molecular complexity index is 1320. The van der Waals surface area contributed by atoms with Crippen LogP contribution >= 0.6 is 34.3 Å². The number of halogens is 1. The lowest BCUT2D eigenvalue weighted by Crippen LogP contribution is -2.28. The first-order valence-corrected chi connectivity index (χ1v) is 11.4. The highest BCUT2D eigenvalue weighted by molar-refractivity contribution is 7.17. The van der Waals surface area contributed by atoms with Gasteiger partial charge in [-0.3, -0.25) is 14.2 Å². The average Bonchev–Trinajstić information content (AvgIpc) is 3.38. The van der Waals surface area contributed by atoms with Crippen LogP contribution < -0.4 is 10.9 Å². The van der Waals surface area contributed by atoms with Gasteiger partial charge in [-0.05, 0) is 36.1 Å². The van der Waals surface area contributed by atoms with Crippen LogP contribution in [-0.2, 0) is 16.1 Å². The van der Waals surface area contributed by atoms with Crippen LogP contribution in [0.3, 0.4) is 0 Å². The van der Waals surface area contributed by atoms with E-state index < -0.39 is 11.9 Å². The molecule has 3 heterocycles. The number of carbonyl (C=O) groups is 2. The summed E-state index contributed by atoms with van der Waals surface area (Å²) >= 11 is 8.53. The van der Waals surface area contributed by atoms with Crippen LogP contribution in [0.1, 0.15) is 17.3 Å². The molecule has 1 amide bonds. The number of ether oxygens (including phenoxy) is 1. The molecule has 0 bridgehead atoms. The van der Waals surface area contributed by atoms with E-state index in [1.165, 1.54) is 33.6 Å². The van der Waals surface area contributed by atoms with Gasteiger partial charge in [-0.15, -0.1) is 22.7 Å². The van der Waals surface area contributed by atoms with Gasteiger partial charge in [0.25, 0.3) is 5.56 Å². The normalized spacial score (nSPS) is 10.9. The lowest BCUT2D eigenvalue weighted by Gasteiger charge is -2.08. The minimum atomic E-state index is -0.509. The van der Waals surface area contributed by atoms with E-state index in [9.17, 15) is 14.4 Å². The van der Waals surface area contributed by atoms with Crippen molar-refractivity contribution >= 4 is 61.4 Å². The number of rotatable bonds is 6. The van der Waals surface area contributed by atoms with Gasteiger partial charge < -0.3 is 10.1 Å². The molecule has 0 aliphatic heterocycles. The van der Waals surface area contributed by atoms with Crippen LogP contribution in [0.15, 0.2) is 52.2 Å². The number of aromatic nitrogens is 2. The molecule has 0 unspecified atom stereocenters. The highest BCUT2D eigenvalue weighted by atomic mass is 35.5.